The molecule has 1 saturated heterocycles. The fraction of sp³-hybridized carbons (Fsp3) is 0.682. The molecule has 1 aromatic rings. The Labute approximate surface area is 157 Å². The van der Waals surface area contributed by atoms with Gasteiger partial charge in [-0.2, -0.15) is 10.5 Å². The summed E-state index contributed by atoms with van der Waals surface area (Å²) < 4.78 is 0. The van der Waals surface area contributed by atoms with Gasteiger partial charge in [0.2, 0.25) is 0 Å². The van der Waals surface area contributed by atoms with Crippen LogP contribution < -0.4 is 4.90 Å². The molecule has 1 aliphatic carbocycles. The molecule has 0 aromatic carbocycles. The van der Waals surface area contributed by atoms with Crippen LogP contribution in [0.1, 0.15) is 93.0 Å². The maximum absolute atomic E-state index is 9.87. The van der Waals surface area contributed by atoms with E-state index in [2.05, 4.69) is 17.0 Å². The zero-order valence-corrected chi connectivity index (χ0v) is 15.9. The second-order valence-electron chi connectivity index (χ2n) is 7.71. The summed E-state index contributed by atoms with van der Waals surface area (Å²) in [5, 5.41) is 19.7. The SMILES string of the molecule is N#Cc1c(N2CCCCC2)nc2c(c1C#N)CCCCCCCCCC2. The number of aromatic nitrogens is 1. The molecule has 0 atom stereocenters. The maximum atomic E-state index is 9.87. The Morgan fingerprint density at radius 2 is 1.19 bits per heavy atom. The molecule has 2 heterocycles. The summed E-state index contributed by atoms with van der Waals surface area (Å²) in [6.45, 7) is 1.90. The first-order chi connectivity index (χ1) is 12.8. The summed E-state index contributed by atoms with van der Waals surface area (Å²) in [6.07, 6.45) is 15.3. The maximum Gasteiger partial charge on any atom is 0.148 e. The van der Waals surface area contributed by atoms with Crippen molar-refractivity contribution >= 4 is 5.82 Å². The predicted octanol–water partition coefficient (Wildman–Crippen LogP) is 5.03. The summed E-state index contributed by atoms with van der Waals surface area (Å²) in [5.41, 5.74) is 3.27. The highest BCUT2D eigenvalue weighted by molar-refractivity contribution is 5.65. The molecule has 0 saturated carbocycles. The van der Waals surface area contributed by atoms with E-state index in [1.807, 2.05) is 0 Å². The lowest BCUT2D eigenvalue weighted by Crippen LogP contribution is -2.31. The third-order valence-corrected chi connectivity index (χ3v) is 5.83. The topological polar surface area (TPSA) is 63.7 Å². The van der Waals surface area contributed by atoms with Crippen molar-refractivity contribution in [2.24, 2.45) is 0 Å². The molecule has 1 aromatic heterocycles. The Balaban J connectivity index is 2.00. The lowest BCUT2D eigenvalue weighted by atomic mass is 9.92. The largest absolute Gasteiger partial charge is 0.355 e. The monoisotopic (exact) mass is 350 g/mol. The molecule has 2 aliphatic rings. The van der Waals surface area contributed by atoms with Gasteiger partial charge in [0.25, 0.3) is 0 Å². The summed E-state index contributed by atoms with van der Waals surface area (Å²) in [6, 6.07) is 4.70. The van der Waals surface area contributed by atoms with Gasteiger partial charge in [-0.15, -0.1) is 0 Å². The number of pyridine rings is 1. The number of aryl methyl sites for hydroxylation is 1. The van der Waals surface area contributed by atoms with Gasteiger partial charge in [-0.3, -0.25) is 0 Å². The van der Waals surface area contributed by atoms with Gasteiger partial charge in [0, 0.05) is 18.8 Å². The molecule has 4 heteroatoms. The van der Waals surface area contributed by atoms with E-state index in [-0.39, 0.29) is 0 Å². The van der Waals surface area contributed by atoms with E-state index >= 15 is 0 Å². The quantitative estimate of drug-likeness (QED) is 0.712. The molecule has 0 radical (unpaired) electrons. The van der Waals surface area contributed by atoms with Crippen molar-refractivity contribution in [2.45, 2.75) is 83.5 Å². The van der Waals surface area contributed by atoms with Crippen LogP contribution >= 0.6 is 0 Å². The van der Waals surface area contributed by atoms with E-state index < -0.39 is 0 Å². The van der Waals surface area contributed by atoms with E-state index in [1.165, 1.54) is 44.9 Å². The molecule has 0 amide bonds. The first-order valence-corrected chi connectivity index (χ1v) is 10.5. The van der Waals surface area contributed by atoms with Crippen LogP contribution in [0, 0.1) is 22.7 Å². The molecule has 3 rings (SSSR count). The van der Waals surface area contributed by atoms with E-state index in [0.29, 0.717) is 11.1 Å². The van der Waals surface area contributed by atoms with Crippen molar-refractivity contribution in [3.63, 3.8) is 0 Å². The Morgan fingerprint density at radius 1 is 0.654 bits per heavy atom. The van der Waals surface area contributed by atoms with Crippen molar-refractivity contribution in [3.8, 4) is 12.1 Å². The molecule has 1 fully saturated rings. The molecule has 138 valence electrons. The number of hydrogen-bond acceptors (Lipinski definition) is 4. The normalized spacial score (nSPS) is 19.4. The molecule has 0 bridgehead atoms. The first-order valence-electron chi connectivity index (χ1n) is 10.5. The molecule has 0 N–H and O–H groups in total. The van der Waals surface area contributed by atoms with Crippen LogP contribution in [0.15, 0.2) is 0 Å². The summed E-state index contributed by atoms with van der Waals surface area (Å²) in [7, 11) is 0. The highest BCUT2D eigenvalue weighted by atomic mass is 15.2. The molecule has 26 heavy (non-hydrogen) atoms. The lowest BCUT2D eigenvalue weighted by Gasteiger charge is -2.30. The highest BCUT2D eigenvalue weighted by Crippen LogP contribution is 2.30. The van der Waals surface area contributed by atoms with Gasteiger partial charge in [0.15, 0.2) is 0 Å². The smallest absolute Gasteiger partial charge is 0.148 e. The number of hydrogen-bond donors (Lipinski definition) is 0. The average molecular weight is 351 g/mol. The third kappa shape index (κ3) is 4.36. The van der Waals surface area contributed by atoms with E-state index in [0.717, 1.165) is 68.7 Å². The van der Waals surface area contributed by atoms with Crippen molar-refractivity contribution in [1.29, 1.82) is 10.5 Å². The number of fused-ring (bicyclic) bond motifs is 1. The molecular weight excluding hydrogens is 320 g/mol. The zero-order chi connectivity index (χ0) is 18.2. The number of nitriles is 2. The third-order valence-electron chi connectivity index (χ3n) is 5.83. The minimum atomic E-state index is 0.514. The van der Waals surface area contributed by atoms with Crippen LogP contribution in [0.4, 0.5) is 5.82 Å². The number of rotatable bonds is 1. The second-order valence-corrected chi connectivity index (χ2v) is 7.71. The van der Waals surface area contributed by atoms with Crippen molar-refractivity contribution < 1.29 is 0 Å². The van der Waals surface area contributed by atoms with E-state index in [4.69, 9.17) is 4.98 Å². The van der Waals surface area contributed by atoms with Gasteiger partial charge in [-0.1, -0.05) is 38.5 Å². The van der Waals surface area contributed by atoms with Crippen molar-refractivity contribution in [1.82, 2.24) is 4.98 Å². The van der Waals surface area contributed by atoms with Crippen LogP contribution in [-0.4, -0.2) is 18.1 Å². The zero-order valence-electron chi connectivity index (χ0n) is 15.9. The summed E-state index contributed by atoms with van der Waals surface area (Å²) in [5.74, 6) is 0.773. The van der Waals surface area contributed by atoms with Gasteiger partial charge in [0.05, 0.1) is 5.56 Å². The Bertz CT molecular complexity index is 690. The Kier molecular flexibility index (Phi) is 6.89. The minimum absolute atomic E-state index is 0.514. The van der Waals surface area contributed by atoms with Gasteiger partial charge in [-0.05, 0) is 50.5 Å². The molecule has 1 aliphatic heterocycles. The van der Waals surface area contributed by atoms with Crippen LogP contribution in [-0.2, 0) is 12.8 Å². The van der Waals surface area contributed by atoms with E-state index in [9.17, 15) is 10.5 Å². The Morgan fingerprint density at radius 3 is 1.81 bits per heavy atom. The van der Waals surface area contributed by atoms with Gasteiger partial charge >= 0.3 is 0 Å². The van der Waals surface area contributed by atoms with Crippen LogP contribution in [0.25, 0.3) is 0 Å². The fourth-order valence-electron chi connectivity index (χ4n) is 4.35. The number of anilines is 1. The van der Waals surface area contributed by atoms with Crippen LogP contribution in [0.5, 0.6) is 0 Å². The highest BCUT2D eigenvalue weighted by Gasteiger charge is 2.24. The molecule has 0 spiro atoms. The van der Waals surface area contributed by atoms with Crippen LogP contribution in [0.3, 0.4) is 0 Å². The first kappa shape index (κ1) is 18.7. The van der Waals surface area contributed by atoms with Crippen molar-refractivity contribution in [2.75, 3.05) is 18.0 Å². The number of piperidine rings is 1. The lowest BCUT2D eigenvalue weighted by molar-refractivity contribution is 0.553. The predicted molar refractivity (Wildman–Crippen MR) is 104 cm³/mol. The molecular formula is C22H30N4. The van der Waals surface area contributed by atoms with Gasteiger partial charge in [0.1, 0.15) is 23.5 Å². The molecule has 4 nitrogen and oxygen atoms in total. The van der Waals surface area contributed by atoms with Crippen molar-refractivity contribution in [3.05, 3.63) is 22.4 Å². The van der Waals surface area contributed by atoms with Gasteiger partial charge < -0.3 is 4.90 Å². The van der Waals surface area contributed by atoms with E-state index in [1.54, 1.807) is 0 Å². The van der Waals surface area contributed by atoms with Gasteiger partial charge in [-0.25, -0.2) is 4.98 Å². The Hall–Kier alpha value is -2.07. The minimum Gasteiger partial charge on any atom is -0.355 e. The summed E-state index contributed by atoms with van der Waals surface area (Å²) >= 11 is 0. The fourth-order valence-corrected chi connectivity index (χ4v) is 4.35. The summed E-state index contributed by atoms with van der Waals surface area (Å²) in [4.78, 5) is 7.23. The standard InChI is InChI=1S/C22H30N4/c23-16-19-18-12-8-5-3-1-2-4-6-9-13-21(18)25-22(20(19)17-24)26-14-10-7-11-15-26/h1-15H2. The van der Waals surface area contributed by atoms with Crippen LogP contribution in [0.2, 0.25) is 0 Å². The average Bonchev–Trinajstić information content (AvgIpc) is 2.68. The molecule has 0 unspecified atom stereocenters. The number of nitrogens with zero attached hydrogens (tertiary/aromatic N) is 4. The second kappa shape index (κ2) is 9.58.